The van der Waals surface area contributed by atoms with Crippen LogP contribution in [-0.4, -0.2) is 36.4 Å². The first-order chi connectivity index (χ1) is 8.45. The van der Waals surface area contributed by atoms with E-state index in [4.69, 9.17) is 16.3 Å². The molecule has 6 nitrogen and oxygen atoms in total. The summed E-state index contributed by atoms with van der Waals surface area (Å²) >= 11 is 5.54. The lowest BCUT2D eigenvalue weighted by atomic mass is 10.2. The first-order valence-corrected chi connectivity index (χ1v) is 5.37. The van der Waals surface area contributed by atoms with Crippen LogP contribution in [-0.2, 0) is 4.74 Å². The molecular weight excluding hydrogens is 267 g/mol. The minimum absolute atomic E-state index is 0.0244. The first kappa shape index (κ1) is 14.6. The van der Waals surface area contributed by atoms with Crippen molar-refractivity contribution >= 4 is 23.0 Å². The quantitative estimate of drug-likeness (QED) is 0.612. The summed E-state index contributed by atoms with van der Waals surface area (Å²) in [5.74, 6) is -0.869. The molecule has 1 rings (SSSR count). The van der Waals surface area contributed by atoms with Crippen molar-refractivity contribution in [3.8, 4) is 0 Å². The molecule has 1 atom stereocenters. The third-order valence-corrected chi connectivity index (χ3v) is 2.41. The highest BCUT2D eigenvalue weighted by Gasteiger charge is 2.18. The highest BCUT2D eigenvalue weighted by atomic mass is 35.5. The van der Waals surface area contributed by atoms with Gasteiger partial charge >= 0.3 is 0 Å². The average molecular weight is 279 g/mol. The zero-order chi connectivity index (χ0) is 13.7. The number of methoxy groups -OCH3 is 1. The van der Waals surface area contributed by atoms with Crippen LogP contribution in [0.2, 0.25) is 5.02 Å². The third-order valence-electron chi connectivity index (χ3n) is 2.12. The highest BCUT2D eigenvalue weighted by Crippen LogP contribution is 2.30. The summed E-state index contributed by atoms with van der Waals surface area (Å²) in [6, 6.07) is 1.84. The average Bonchev–Trinajstić information content (AvgIpc) is 2.30. The topological polar surface area (TPSA) is 84.6 Å². The van der Waals surface area contributed by atoms with Gasteiger partial charge in [0.2, 0.25) is 0 Å². The number of nitrogens with zero attached hydrogens (tertiary/aromatic N) is 1. The third kappa shape index (κ3) is 3.80. The number of hydrogen-bond donors (Lipinski definition) is 2. The van der Waals surface area contributed by atoms with Crippen LogP contribution in [0.4, 0.5) is 15.8 Å². The molecule has 2 N–H and O–H groups in total. The molecule has 0 spiro atoms. The Kier molecular flexibility index (Phi) is 5.26. The molecule has 1 aromatic rings. The number of rotatable bonds is 6. The largest absolute Gasteiger partial charge is 0.389 e. The normalized spacial score (nSPS) is 12.2. The van der Waals surface area contributed by atoms with Crippen molar-refractivity contribution in [2.45, 2.75) is 6.10 Å². The van der Waals surface area contributed by atoms with Crippen molar-refractivity contribution in [3.05, 3.63) is 33.1 Å². The Morgan fingerprint density at radius 3 is 2.89 bits per heavy atom. The number of ether oxygens (including phenoxy) is 1. The minimum atomic E-state index is -0.869. The summed E-state index contributed by atoms with van der Waals surface area (Å²) in [6.45, 7) is 0.104. The Hall–Kier alpha value is -1.44. The summed E-state index contributed by atoms with van der Waals surface area (Å²) < 4.78 is 17.8. The van der Waals surface area contributed by atoms with Gasteiger partial charge in [-0.3, -0.25) is 10.1 Å². The van der Waals surface area contributed by atoms with Crippen molar-refractivity contribution in [3.63, 3.8) is 0 Å². The molecule has 0 aromatic heterocycles. The van der Waals surface area contributed by atoms with E-state index in [0.29, 0.717) is 0 Å². The van der Waals surface area contributed by atoms with Gasteiger partial charge in [-0.1, -0.05) is 11.6 Å². The van der Waals surface area contributed by atoms with Crippen LogP contribution in [0.1, 0.15) is 0 Å². The van der Waals surface area contributed by atoms with E-state index in [0.717, 1.165) is 12.1 Å². The van der Waals surface area contributed by atoms with E-state index in [1.165, 1.54) is 7.11 Å². The molecule has 0 saturated heterocycles. The van der Waals surface area contributed by atoms with E-state index in [1.54, 1.807) is 0 Å². The van der Waals surface area contributed by atoms with E-state index in [9.17, 15) is 19.6 Å². The van der Waals surface area contributed by atoms with Gasteiger partial charge < -0.3 is 15.2 Å². The SMILES string of the molecule is COCC(O)CNc1cc(Cl)c(F)cc1[N+](=O)[O-]. The number of benzene rings is 1. The summed E-state index contributed by atoms with van der Waals surface area (Å²) in [5.41, 5.74) is -0.400. The van der Waals surface area contributed by atoms with Gasteiger partial charge in [0.05, 0.1) is 28.7 Å². The van der Waals surface area contributed by atoms with E-state index in [-0.39, 0.29) is 23.9 Å². The molecule has 0 aliphatic carbocycles. The number of halogens is 2. The molecule has 0 fully saturated rings. The number of nitro benzene ring substituents is 1. The van der Waals surface area contributed by atoms with Gasteiger partial charge in [0.25, 0.3) is 5.69 Å². The molecule has 8 heteroatoms. The highest BCUT2D eigenvalue weighted by molar-refractivity contribution is 6.31. The van der Waals surface area contributed by atoms with Crippen LogP contribution >= 0.6 is 11.6 Å². The molecule has 18 heavy (non-hydrogen) atoms. The van der Waals surface area contributed by atoms with Crippen LogP contribution in [0.25, 0.3) is 0 Å². The smallest absolute Gasteiger partial charge is 0.295 e. The number of anilines is 1. The van der Waals surface area contributed by atoms with Gasteiger partial charge in [0.1, 0.15) is 11.5 Å². The fourth-order valence-electron chi connectivity index (χ4n) is 1.31. The van der Waals surface area contributed by atoms with Gasteiger partial charge in [-0.05, 0) is 6.07 Å². The molecule has 100 valence electrons. The Morgan fingerprint density at radius 1 is 1.67 bits per heavy atom. The molecule has 1 aromatic carbocycles. The monoisotopic (exact) mass is 278 g/mol. The fourth-order valence-corrected chi connectivity index (χ4v) is 1.47. The summed E-state index contributed by atoms with van der Waals surface area (Å²) in [4.78, 5) is 9.99. The van der Waals surface area contributed by atoms with E-state index < -0.39 is 22.5 Å². The first-order valence-electron chi connectivity index (χ1n) is 5.00. The number of aliphatic hydroxyl groups is 1. The molecule has 0 aliphatic heterocycles. The van der Waals surface area contributed by atoms with Gasteiger partial charge in [0, 0.05) is 13.7 Å². The second-order valence-electron chi connectivity index (χ2n) is 3.53. The minimum Gasteiger partial charge on any atom is -0.389 e. The van der Waals surface area contributed by atoms with E-state index >= 15 is 0 Å². The maximum absolute atomic E-state index is 13.1. The van der Waals surface area contributed by atoms with Crippen molar-refractivity contribution in [1.82, 2.24) is 0 Å². The lowest BCUT2D eigenvalue weighted by molar-refractivity contribution is -0.384. The molecule has 0 amide bonds. The molecule has 0 bridgehead atoms. The van der Waals surface area contributed by atoms with Gasteiger partial charge in [-0.15, -0.1) is 0 Å². The number of nitro groups is 1. The van der Waals surface area contributed by atoms with Crippen LogP contribution in [0.15, 0.2) is 12.1 Å². The van der Waals surface area contributed by atoms with E-state index in [2.05, 4.69) is 5.32 Å². The Bertz CT molecular complexity index is 444. The van der Waals surface area contributed by atoms with Crippen molar-refractivity contribution in [2.24, 2.45) is 0 Å². The van der Waals surface area contributed by atoms with E-state index in [1.807, 2.05) is 0 Å². The Balaban J connectivity index is 2.86. The number of aliphatic hydroxyl groups excluding tert-OH is 1. The maximum atomic E-state index is 13.1. The molecule has 1 unspecified atom stereocenters. The standard InChI is InChI=1S/C10H12ClFN2O4/c1-18-5-6(15)4-13-9-2-7(11)8(12)3-10(9)14(16)17/h2-3,6,13,15H,4-5H2,1H3. The van der Waals surface area contributed by atoms with Crippen LogP contribution < -0.4 is 5.32 Å². The summed E-state index contributed by atoms with van der Waals surface area (Å²) in [6.07, 6.45) is -0.835. The summed E-state index contributed by atoms with van der Waals surface area (Å²) in [7, 11) is 1.42. The second-order valence-corrected chi connectivity index (χ2v) is 3.94. The molecule has 0 radical (unpaired) electrons. The fraction of sp³-hybridized carbons (Fsp3) is 0.400. The molecule has 0 heterocycles. The van der Waals surface area contributed by atoms with Gasteiger partial charge in [-0.25, -0.2) is 4.39 Å². The van der Waals surface area contributed by atoms with Gasteiger partial charge in [0.15, 0.2) is 0 Å². The van der Waals surface area contributed by atoms with Crippen molar-refractivity contribution in [1.29, 1.82) is 0 Å². The van der Waals surface area contributed by atoms with Crippen molar-refractivity contribution < 1.29 is 19.2 Å². The van der Waals surface area contributed by atoms with Crippen LogP contribution in [0.5, 0.6) is 0 Å². The lowest BCUT2D eigenvalue weighted by Crippen LogP contribution is -2.24. The Morgan fingerprint density at radius 2 is 2.33 bits per heavy atom. The Labute approximate surface area is 107 Å². The van der Waals surface area contributed by atoms with Gasteiger partial charge in [-0.2, -0.15) is 0 Å². The zero-order valence-electron chi connectivity index (χ0n) is 9.52. The molecule has 0 aliphatic rings. The van der Waals surface area contributed by atoms with Crippen molar-refractivity contribution in [2.75, 3.05) is 25.6 Å². The maximum Gasteiger partial charge on any atom is 0.295 e. The zero-order valence-corrected chi connectivity index (χ0v) is 10.3. The predicted molar refractivity (Wildman–Crippen MR) is 64.4 cm³/mol. The summed E-state index contributed by atoms with van der Waals surface area (Å²) in [5, 5.41) is 22.5. The number of hydrogen-bond acceptors (Lipinski definition) is 5. The van der Waals surface area contributed by atoms with Crippen LogP contribution in [0, 0.1) is 15.9 Å². The molecule has 0 saturated carbocycles. The van der Waals surface area contributed by atoms with Crippen LogP contribution in [0.3, 0.4) is 0 Å². The second kappa shape index (κ2) is 6.48. The predicted octanol–water partition coefficient (Wildman–Crippen LogP) is 1.81. The number of nitrogens with one attached hydrogen (secondary N) is 1. The lowest BCUT2D eigenvalue weighted by Gasteiger charge is -2.12. The molecular formula is C10H12ClFN2O4.